The SMILES string of the molecule is Nc1nc(CC(=O)Nc2cc3c(cc2Cl)NC(=O)C3)cs1. The molecule has 108 valence electrons. The van der Waals surface area contributed by atoms with Gasteiger partial charge in [0.25, 0.3) is 0 Å². The van der Waals surface area contributed by atoms with Crippen molar-refractivity contribution in [3.8, 4) is 0 Å². The minimum Gasteiger partial charge on any atom is -0.375 e. The molecule has 0 saturated heterocycles. The fourth-order valence-corrected chi connectivity index (χ4v) is 2.88. The third-order valence-corrected chi connectivity index (χ3v) is 4.04. The van der Waals surface area contributed by atoms with Gasteiger partial charge in [0.05, 0.1) is 29.2 Å². The first-order valence-corrected chi connectivity index (χ1v) is 7.39. The highest BCUT2D eigenvalue weighted by atomic mass is 35.5. The van der Waals surface area contributed by atoms with Gasteiger partial charge in [0, 0.05) is 11.1 Å². The van der Waals surface area contributed by atoms with Gasteiger partial charge in [0.15, 0.2) is 5.13 Å². The maximum absolute atomic E-state index is 12.0. The number of benzene rings is 1. The molecule has 1 aromatic heterocycles. The number of nitrogens with zero attached hydrogens (tertiary/aromatic N) is 1. The van der Waals surface area contributed by atoms with Crippen molar-refractivity contribution in [3.63, 3.8) is 0 Å². The number of nitrogens with two attached hydrogens (primary N) is 1. The number of carbonyl (C=O) groups excluding carboxylic acids is 2. The molecular formula is C13H11ClN4O2S. The highest BCUT2D eigenvalue weighted by Gasteiger charge is 2.20. The zero-order valence-corrected chi connectivity index (χ0v) is 12.3. The molecule has 0 aliphatic carbocycles. The number of halogens is 1. The average molecular weight is 323 g/mol. The van der Waals surface area contributed by atoms with E-state index in [0.29, 0.717) is 27.2 Å². The molecule has 2 amide bonds. The van der Waals surface area contributed by atoms with Crippen molar-refractivity contribution in [1.82, 2.24) is 4.98 Å². The number of thiazole rings is 1. The first-order chi connectivity index (χ1) is 10.0. The highest BCUT2D eigenvalue weighted by Crippen LogP contribution is 2.32. The first-order valence-electron chi connectivity index (χ1n) is 6.13. The molecule has 0 radical (unpaired) electrons. The lowest BCUT2D eigenvalue weighted by molar-refractivity contribution is -0.116. The van der Waals surface area contributed by atoms with Gasteiger partial charge in [0.2, 0.25) is 11.8 Å². The Bertz CT molecular complexity index is 744. The zero-order chi connectivity index (χ0) is 15.0. The number of amides is 2. The number of hydrogen-bond donors (Lipinski definition) is 3. The minimum atomic E-state index is -0.237. The molecule has 8 heteroatoms. The number of carbonyl (C=O) groups is 2. The van der Waals surface area contributed by atoms with Crippen LogP contribution in [0.2, 0.25) is 5.02 Å². The molecule has 1 aromatic carbocycles. The summed E-state index contributed by atoms with van der Waals surface area (Å²) >= 11 is 7.39. The van der Waals surface area contributed by atoms with Gasteiger partial charge in [0.1, 0.15) is 0 Å². The van der Waals surface area contributed by atoms with Crippen LogP contribution >= 0.6 is 22.9 Å². The molecule has 0 atom stereocenters. The van der Waals surface area contributed by atoms with E-state index in [4.69, 9.17) is 17.3 Å². The Balaban J connectivity index is 1.74. The summed E-state index contributed by atoms with van der Waals surface area (Å²) in [6, 6.07) is 3.35. The van der Waals surface area contributed by atoms with Gasteiger partial charge >= 0.3 is 0 Å². The molecule has 2 heterocycles. The summed E-state index contributed by atoms with van der Waals surface area (Å²) < 4.78 is 0. The number of nitrogen functional groups attached to an aromatic ring is 1. The van der Waals surface area contributed by atoms with Gasteiger partial charge in [-0.3, -0.25) is 9.59 Å². The van der Waals surface area contributed by atoms with Crippen molar-refractivity contribution in [2.24, 2.45) is 0 Å². The molecule has 1 aliphatic heterocycles. The summed E-state index contributed by atoms with van der Waals surface area (Å²) in [5.74, 6) is -0.318. The van der Waals surface area contributed by atoms with Crippen LogP contribution in [0.25, 0.3) is 0 Å². The van der Waals surface area contributed by atoms with Crippen molar-refractivity contribution < 1.29 is 9.59 Å². The third kappa shape index (κ3) is 2.98. The molecule has 4 N–H and O–H groups in total. The fourth-order valence-electron chi connectivity index (χ4n) is 2.11. The van der Waals surface area contributed by atoms with Crippen LogP contribution in [-0.4, -0.2) is 16.8 Å². The van der Waals surface area contributed by atoms with Crippen LogP contribution < -0.4 is 16.4 Å². The Morgan fingerprint density at radius 2 is 2.33 bits per heavy atom. The van der Waals surface area contributed by atoms with Crippen molar-refractivity contribution in [3.05, 3.63) is 33.8 Å². The predicted molar refractivity (Wildman–Crippen MR) is 82.6 cm³/mol. The quantitative estimate of drug-likeness (QED) is 0.805. The summed E-state index contributed by atoms with van der Waals surface area (Å²) in [6.45, 7) is 0. The summed E-state index contributed by atoms with van der Waals surface area (Å²) in [4.78, 5) is 27.3. The second-order valence-corrected chi connectivity index (χ2v) is 5.91. The Morgan fingerprint density at radius 3 is 3.05 bits per heavy atom. The van der Waals surface area contributed by atoms with Crippen molar-refractivity contribution >= 4 is 51.3 Å². The Morgan fingerprint density at radius 1 is 1.52 bits per heavy atom. The number of fused-ring (bicyclic) bond motifs is 1. The van der Waals surface area contributed by atoms with Crippen molar-refractivity contribution in [2.75, 3.05) is 16.4 Å². The fraction of sp³-hybridized carbons (Fsp3) is 0.154. The third-order valence-electron chi connectivity index (χ3n) is 3.00. The van der Waals surface area contributed by atoms with E-state index < -0.39 is 0 Å². The zero-order valence-electron chi connectivity index (χ0n) is 10.8. The van der Waals surface area contributed by atoms with E-state index in [1.807, 2.05) is 0 Å². The number of hydrogen-bond acceptors (Lipinski definition) is 5. The van der Waals surface area contributed by atoms with Gasteiger partial charge < -0.3 is 16.4 Å². The van der Waals surface area contributed by atoms with Crippen LogP contribution in [0.5, 0.6) is 0 Å². The van der Waals surface area contributed by atoms with E-state index in [-0.39, 0.29) is 24.7 Å². The Labute approximate surface area is 129 Å². The number of aromatic nitrogens is 1. The van der Waals surface area contributed by atoms with Crippen LogP contribution in [-0.2, 0) is 22.4 Å². The standard InChI is InChI=1S/C13H11ClN4O2S/c14-8-4-9-6(2-11(19)17-9)1-10(8)18-12(20)3-7-5-21-13(15)16-7/h1,4-5H,2-3H2,(H2,15,16)(H,17,19)(H,18,20). The van der Waals surface area contributed by atoms with Gasteiger partial charge in [-0.15, -0.1) is 11.3 Å². The Hall–Kier alpha value is -2.12. The number of anilines is 3. The number of nitrogens with one attached hydrogen (secondary N) is 2. The minimum absolute atomic E-state index is 0.0810. The molecule has 0 spiro atoms. The molecule has 0 fully saturated rings. The van der Waals surface area contributed by atoms with Gasteiger partial charge in [-0.25, -0.2) is 4.98 Å². The van der Waals surface area contributed by atoms with Crippen LogP contribution in [0.1, 0.15) is 11.3 Å². The molecule has 2 aromatic rings. The lowest BCUT2D eigenvalue weighted by Crippen LogP contribution is -2.15. The molecular weight excluding hydrogens is 312 g/mol. The largest absolute Gasteiger partial charge is 0.375 e. The van der Waals surface area contributed by atoms with E-state index in [1.165, 1.54) is 11.3 Å². The van der Waals surface area contributed by atoms with Crippen molar-refractivity contribution in [1.29, 1.82) is 0 Å². The topological polar surface area (TPSA) is 97.1 Å². The molecule has 3 rings (SSSR count). The monoisotopic (exact) mass is 322 g/mol. The molecule has 6 nitrogen and oxygen atoms in total. The highest BCUT2D eigenvalue weighted by molar-refractivity contribution is 7.13. The average Bonchev–Trinajstić information content (AvgIpc) is 2.95. The van der Waals surface area contributed by atoms with E-state index in [1.54, 1.807) is 17.5 Å². The lowest BCUT2D eigenvalue weighted by atomic mass is 10.1. The van der Waals surface area contributed by atoms with Crippen molar-refractivity contribution in [2.45, 2.75) is 12.8 Å². The van der Waals surface area contributed by atoms with E-state index in [9.17, 15) is 9.59 Å². The Kier molecular flexibility index (Phi) is 3.52. The van der Waals surface area contributed by atoms with Crippen LogP contribution in [0, 0.1) is 0 Å². The van der Waals surface area contributed by atoms with Gasteiger partial charge in [-0.2, -0.15) is 0 Å². The summed E-state index contributed by atoms with van der Waals surface area (Å²) in [7, 11) is 0. The predicted octanol–water partition coefficient (Wildman–Crippen LogP) is 2.05. The summed E-state index contributed by atoms with van der Waals surface area (Å²) in [6.07, 6.45) is 0.413. The second kappa shape index (κ2) is 5.34. The van der Waals surface area contributed by atoms with Gasteiger partial charge in [-0.05, 0) is 17.7 Å². The van der Waals surface area contributed by atoms with E-state index in [0.717, 1.165) is 5.56 Å². The van der Waals surface area contributed by atoms with E-state index in [2.05, 4.69) is 15.6 Å². The molecule has 0 unspecified atom stereocenters. The summed E-state index contributed by atoms with van der Waals surface area (Å²) in [5, 5.41) is 7.97. The smallest absolute Gasteiger partial charge is 0.230 e. The molecule has 0 saturated carbocycles. The van der Waals surface area contributed by atoms with Crippen LogP contribution in [0.15, 0.2) is 17.5 Å². The molecule has 1 aliphatic rings. The second-order valence-electron chi connectivity index (χ2n) is 4.62. The number of rotatable bonds is 3. The van der Waals surface area contributed by atoms with E-state index >= 15 is 0 Å². The lowest BCUT2D eigenvalue weighted by Gasteiger charge is -2.09. The maximum atomic E-state index is 12.0. The molecule has 0 bridgehead atoms. The normalized spacial score (nSPS) is 12.9. The first kappa shape index (κ1) is 13.8. The van der Waals surface area contributed by atoms with Gasteiger partial charge in [-0.1, -0.05) is 11.6 Å². The summed E-state index contributed by atoms with van der Waals surface area (Å²) in [5.41, 5.74) is 8.13. The van der Waals surface area contributed by atoms with Crippen LogP contribution in [0.4, 0.5) is 16.5 Å². The molecule has 21 heavy (non-hydrogen) atoms. The van der Waals surface area contributed by atoms with Crippen LogP contribution in [0.3, 0.4) is 0 Å². The maximum Gasteiger partial charge on any atom is 0.230 e.